The minimum absolute atomic E-state index is 0. The summed E-state index contributed by atoms with van der Waals surface area (Å²) in [6.07, 6.45) is 0.375. The van der Waals surface area contributed by atoms with Crippen LogP contribution in [0.4, 0.5) is 5.69 Å². The van der Waals surface area contributed by atoms with Gasteiger partial charge in [-0.15, -0.1) is 12.4 Å². The quantitative estimate of drug-likeness (QED) is 0.740. The Kier molecular flexibility index (Phi) is 8.57. The number of amides is 2. The van der Waals surface area contributed by atoms with Crippen LogP contribution in [0, 0.1) is 0 Å². The van der Waals surface area contributed by atoms with Crippen molar-refractivity contribution in [2.75, 3.05) is 25.5 Å². The zero-order valence-electron chi connectivity index (χ0n) is 11.2. The summed E-state index contributed by atoms with van der Waals surface area (Å²) in [4.78, 5) is 23.4. The Hall–Kier alpha value is -1.59. The highest BCUT2D eigenvalue weighted by Gasteiger charge is 2.11. The molecule has 19 heavy (non-hydrogen) atoms. The van der Waals surface area contributed by atoms with Gasteiger partial charge in [-0.2, -0.15) is 0 Å². The highest BCUT2D eigenvalue weighted by atomic mass is 35.5. The lowest BCUT2D eigenvalue weighted by Gasteiger charge is -2.10. The van der Waals surface area contributed by atoms with Crippen molar-refractivity contribution in [3.8, 4) is 0 Å². The molecule has 106 valence electrons. The van der Waals surface area contributed by atoms with Gasteiger partial charge in [-0.1, -0.05) is 12.1 Å². The maximum absolute atomic E-state index is 11.8. The van der Waals surface area contributed by atoms with E-state index in [1.54, 1.807) is 31.3 Å². The molecule has 1 rings (SSSR count). The molecule has 0 aliphatic carbocycles. The van der Waals surface area contributed by atoms with Crippen LogP contribution in [0.5, 0.6) is 0 Å². The summed E-state index contributed by atoms with van der Waals surface area (Å²) in [6.45, 7) is 3.02. The van der Waals surface area contributed by atoms with E-state index in [9.17, 15) is 9.59 Å². The van der Waals surface area contributed by atoms with Crippen LogP contribution in [0.25, 0.3) is 0 Å². The third-order valence-corrected chi connectivity index (χ3v) is 2.39. The average Bonchev–Trinajstić information content (AvgIpc) is 2.37. The van der Waals surface area contributed by atoms with Gasteiger partial charge in [0.1, 0.15) is 0 Å². The van der Waals surface area contributed by atoms with E-state index in [0.717, 1.165) is 0 Å². The highest BCUT2D eigenvalue weighted by Crippen LogP contribution is 2.15. The summed E-state index contributed by atoms with van der Waals surface area (Å²) in [5.74, 6) is -0.289. The molecular weight excluding hydrogens is 266 g/mol. The number of para-hydroxylation sites is 1. The zero-order valence-corrected chi connectivity index (χ0v) is 12.0. The van der Waals surface area contributed by atoms with Gasteiger partial charge >= 0.3 is 0 Å². The minimum Gasteiger partial charge on any atom is -0.352 e. The first-order chi connectivity index (χ1) is 8.69. The molecule has 0 bridgehead atoms. The van der Waals surface area contributed by atoms with E-state index in [4.69, 9.17) is 0 Å². The summed E-state index contributed by atoms with van der Waals surface area (Å²) < 4.78 is 0. The first-order valence-corrected chi connectivity index (χ1v) is 6.00. The van der Waals surface area contributed by atoms with Crippen LogP contribution in [-0.2, 0) is 4.79 Å². The molecule has 0 aromatic heterocycles. The van der Waals surface area contributed by atoms with Crippen LogP contribution in [0.1, 0.15) is 23.7 Å². The van der Waals surface area contributed by atoms with Crippen LogP contribution in [0.3, 0.4) is 0 Å². The van der Waals surface area contributed by atoms with Crippen molar-refractivity contribution in [1.82, 2.24) is 10.6 Å². The summed E-state index contributed by atoms with van der Waals surface area (Å²) >= 11 is 0. The predicted molar refractivity (Wildman–Crippen MR) is 78.9 cm³/mol. The van der Waals surface area contributed by atoms with Crippen molar-refractivity contribution in [3.05, 3.63) is 29.8 Å². The molecule has 0 aliphatic rings. The summed E-state index contributed by atoms with van der Waals surface area (Å²) in [5, 5.41) is 8.36. The van der Waals surface area contributed by atoms with Gasteiger partial charge in [0.25, 0.3) is 5.91 Å². The molecule has 0 saturated carbocycles. The molecular formula is C13H20ClN3O2. The summed E-state index contributed by atoms with van der Waals surface area (Å²) in [7, 11) is 1.79. The monoisotopic (exact) mass is 285 g/mol. The SMILES string of the molecule is CCNC(=O)c1ccccc1NC(=O)CCNC.Cl. The van der Waals surface area contributed by atoms with Gasteiger partial charge in [0, 0.05) is 19.5 Å². The molecule has 0 saturated heterocycles. The Balaban J connectivity index is 0.00000324. The molecule has 5 nitrogen and oxygen atoms in total. The van der Waals surface area contributed by atoms with Crippen LogP contribution in [-0.4, -0.2) is 32.0 Å². The second-order valence-corrected chi connectivity index (χ2v) is 3.81. The number of anilines is 1. The lowest BCUT2D eigenvalue weighted by molar-refractivity contribution is -0.116. The second kappa shape index (κ2) is 9.35. The molecule has 0 spiro atoms. The van der Waals surface area contributed by atoms with Crippen LogP contribution >= 0.6 is 12.4 Å². The standard InChI is InChI=1S/C13H19N3O2.ClH/c1-3-15-13(18)10-6-4-5-7-11(10)16-12(17)8-9-14-2;/h4-7,14H,3,8-9H2,1-2H3,(H,15,18)(H,16,17);1H. The van der Waals surface area contributed by atoms with Gasteiger partial charge in [-0.3, -0.25) is 9.59 Å². The lowest BCUT2D eigenvalue weighted by Crippen LogP contribution is -2.25. The van der Waals surface area contributed by atoms with Gasteiger partial charge in [0.15, 0.2) is 0 Å². The number of carbonyl (C=O) groups is 2. The van der Waals surface area contributed by atoms with E-state index >= 15 is 0 Å². The Morgan fingerprint density at radius 3 is 2.53 bits per heavy atom. The van der Waals surface area contributed by atoms with Gasteiger partial charge in [-0.25, -0.2) is 0 Å². The lowest BCUT2D eigenvalue weighted by atomic mass is 10.1. The smallest absolute Gasteiger partial charge is 0.253 e. The Labute approximate surface area is 119 Å². The largest absolute Gasteiger partial charge is 0.352 e. The minimum atomic E-state index is -0.179. The Morgan fingerprint density at radius 1 is 1.21 bits per heavy atom. The predicted octanol–water partition coefficient (Wildman–Crippen LogP) is 1.41. The molecule has 0 heterocycles. The zero-order chi connectivity index (χ0) is 13.4. The van der Waals surface area contributed by atoms with Gasteiger partial charge < -0.3 is 16.0 Å². The van der Waals surface area contributed by atoms with Gasteiger partial charge in [0.2, 0.25) is 5.91 Å². The van der Waals surface area contributed by atoms with Crippen LogP contribution < -0.4 is 16.0 Å². The number of nitrogens with one attached hydrogen (secondary N) is 3. The van der Waals surface area contributed by atoms with Crippen molar-refractivity contribution in [3.63, 3.8) is 0 Å². The molecule has 0 radical (unpaired) electrons. The van der Waals surface area contributed by atoms with E-state index < -0.39 is 0 Å². The van der Waals surface area contributed by atoms with Gasteiger partial charge in [-0.05, 0) is 26.1 Å². The fourth-order valence-corrected chi connectivity index (χ4v) is 1.50. The third kappa shape index (κ3) is 5.72. The molecule has 2 amide bonds. The maximum atomic E-state index is 11.8. The van der Waals surface area contributed by atoms with Crippen molar-refractivity contribution in [1.29, 1.82) is 0 Å². The number of rotatable bonds is 6. The summed E-state index contributed by atoms with van der Waals surface area (Å²) in [5.41, 5.74) is 1.03. The molecule has 1 aromatic rings. The second-order valence-electron chi connectivity index (χ2n) is 3.81. The van der Waals surface area contributed by atoms with E-state index in [1.807, 2.05) is 6.92 Å². The number of carbonyl (C=O) groups excluding carboxylic acids is 2. The molecule has 0 unspecified atom stereocenters. The van der Waals surface area contributed by atoms with Crippen molar-refractivity contribution in [2.24, 2.45) is 0 Å². The molecule has 0 aliphatic heterocycles. The van der Waals surface area contributed by atoms with Gasteiger partial charge in [0.05, 0.1) is 11.3 Å². The number of benzene rings is 1. The van der Waals surface area contributed by atoms with E-state index in [-0.39, 0.29) is 24.2 Å². The van der Waals surface area contributed by atoms with E-state index in [1.165, 1.54) is 0 Å². The topological polar surface area (TPSA) is 70.2 Å². The van der Waals surface area contributed by atoms with Crippen molar-refractivity contribution >= 4 is 29.9 Å². The first-order valence-electron chi connectivity index (χ1n) is 6.00. The van der Waals surface area contributed by atoms with Crippen molar-refractivity contribution in [2.45, 2.75) is 13.3 Å². The Bertz CT molecular complexity index is 424. The molecule has 0 fully saturated rings. The molecule has 0 atom stereocenters. The Morgan fingerprint density at radius 2 is 1.89 bits per heavy atom. The fraction of sp³-hybridized carbons (Fsp3) is 0.385. The summed E-state index contributed by atoms with van der Waals surface area (Å²) in [6, 6.07) is 6.98. The normalized spacial score (nSPS) is 9.37. The molecule has 3 N–H and O–H groups in total. The number of hydrogen-bond donors (Lipinski definition) is 3. The highest BCUT2D eigenvalue weighted by molar-refractivity contribution is 6.03. The fourth-order valence-electron chi connectivity index (χ4n) is 1.50. The number of halogens is 1. The van der Waals surface area contributed by atoms with Crippen molar-refractivity contribution < 1.29 is 9.59 Å². The van der Waals surface area contributed by atoms with Crippen LogP contribution in [0.15, 0.2) is 24.3 Å². The maximum Gasteiger partial charge on any atom is 0.253 e. The van der Waals surface area contributed by atoms with Crippen LogP contribution in [0.2, 0.25) is 0 Å². The first kappa shape index (κ1) is 17.4. The third-order valence-electron chi connectivity index (χ3n) is 2.39. The van der Waals surface area contributed by atoms with E-state index in [2.05, 4.69) is 16.0 Å². The number of hydrogen-bond acceptors (Lipinski definition) is 3. The molecule has 1 aromatic carbocycles. The molecule has 6 heteroatoms. The average molecular weight is 286 g/mol. The van der Waals surface area contributed by atoms with E-state index in [0.29, 0.717) is 30.8 Å².